The van der Waals surface area contributed by atoms with E-state index in [0.29, 0.717) is 21.8 Å². The number of carbonyl (C=O) groups is 3. The van der Waals surface area contributed by atoms with Crippen LogP contribution in [-0.4, -0.2) is 34.2 Å². The second-order valence-electron chi connectivity index (χ2n) is 7.03. The third-order valence-electron chi connectivity index (χ3n) is 5.10. The van der Waals surface area contributed by atoms with Gasteiger partial charge in [-0.25, -0.2) is 9.18 Å². The lowest BCUT2D eigenvalue weighted by Crippen LogP contribution is -2.53. The molecule has 1 atom stereocenters. The number of aryl methyl sites for hydroxylation is 1. The Hall–Kier alpha value is -3.72. The number of aromatic nitrogens is 2. The van der Waals surface area contributed by atoms with Crippen LogP contribution in [0.25, 0.3) is 11.1 Å². The third-order valence-corrected chi connectivity index (χ3v) is 5.35. The molecule has 0 radical (unpaired) electrons. The number of halogens is 2. The van der Waals surface area contributed by atoms with Crippen LogP contribution in [0.3, 0.4) is 0 Å². The van der Waals surface area contributed by atoms with E-state index in [1.165, 1.54) is 29.1 Å². The van der Waals surface area contributed by atoms with Gasteiger partial charge in [-0.15, -0.1) is 0 Å². The Morgan fingerprint density at radius 1 is 1.19 bits per heavy atom. The van der Waals surface area contributed by atoms with Crippen molar-refractivity contribution in [2.24, 2.45) is 7.05 Å². The van der Waals surface area contributed by atoms with Crippen LogP contribution in [0.2, 0.25) is 5.02 Å². The summed E-state index contributed by atoms with van der Waals surface area (Å²) in [5, 5.41) is 12.0. The largest absolute Gasteiger partial charge is 0.349 e. The van der Waals surface area contributed by atoms with Crippen LogP contribution in [-0.2, 0) is 17.4 Å². The van der Waals surface area contributed by atoms with Crippen molar-refractivity contribution in [3.63, 3.8) is 0 Å². The van der Waals surface area contributed by atoms with E-state index in [2.05, 4.69) is 21.0 Å². The highest BCUT2D eigenvalue weighted by atomic mass is 35.5. The summed E-state index contributed by atoms with van der Waals surface area (Å²) < 4.78 is 15.4. The number of rotatable bonds is 5. The van der Waals surface area contributed by atoms with Crippen LogP contribution < -0.4 is 16.0 Å². The SMILES string of the molecule is Cn1nccc1[C@@]1(CNC(=O)c2ccc(F)cc2-c2ccc(Cl)cc2)NC(=O)NC1=O. The van der Waals surface area contributed by atoms with Crippen molar-refractivity contribution in [2.75, 3.05) is 6.54 Å². The van der Waals surface area contributed by atoms with E-state index >= 15 is 0 Å². The van der Waals surface area contributed by atoms with Crippen molar-refractivity contribution >= 4 is 29.4 Å². The van der Waals surface area contributed by atoms with Crippen molar-refractivity contribution in [2.45, 2.75) is 5.54 Å². The number of amides is 4. The van der Waals surface area contributed by atoms with Crippen molar-refractivity contribution in [1.82, 2.24) is 25.7 Å². The normalized spacial score (nSPS) is 17.9. The first-order valence-electron chi connectivity index (χ1n) is 9.26. The molecule has 10 heteroatoms. The second kappa shape index (κ2) is 7.84. The summed E-state index contributed by atoms with van der Waals surface area (Å²) in [6, 6.07) is 11.3. The van der Waals surface area contributed by atoms with Crippen molar-refractivity contribution < 1.29 is 18.8 Å². The number of nitrogens with zero attached hydrogens (tertiary/aromatic N) is 2. The Bertz CT molecular complexity index is 1190. The van der Waals surface area contributed by atoms with E-state index in [4.69, 9.17) is 11.6 Å². The topological polar surface area (TPSA) is 105 Å². The van der Waals surface area contributed by atoms with Gasteiger partial charge in [0.1, 0.15) is 5.82 Å². The van der Waals surface area contributed by atoms with E-state index in [-0.39, 0.29) is 12.1 Å². The van der Waals surface area contributed by atoms with Gasteiger partial charge in [0, 0.05) is 23.8 Å². The molecule has 31 heavy (non-hydrogen) atoms. The first-order chi connectivity index (χ1) is 14.8. The molecule has 0 saturated carbocycles. The minimum absolute atomic E-state index is 0.202. The molecule has 2 heterocycles. The molecule has 8 nitrogen and oxygen atoms in total. The number of carbonyl (C=O) groups excluding carboxylic acids is 3. The summed E-state index contributed by atoms with van der Waals surface area (Å²) in [6.07, 6.45) is 1.48. The van der Waals surface area contributed by atoms with E-state index < -0.39 is 29.2 Å². The number of nitrogens with one attached hydrogen (secondary N) is 3. The zero-order valence-corrected chi connectivity index (χ0v) is 17.0. The average molecular weight is 442 g/mol. The van der Waals surface area contributed by atoms with Crippen LogP contribution in [0.4, 0.5) is 9.18 Å². The van der Waals surface area contributed by atoms with Gasteiger partial charge in [0.05, 0.1) is 12.2 Å². The molecule has 0 aliphatic carbocycles. The van der Waals surface area contributed by atoms with Crippen LogP contribution in [0.15, 0.2) is 54.7 Å². The van der Waals surface area contributed by atoms with Gasteiger partial charge < -0.3 is 10.6 Å². The van der Waals surface area contributed by atoms with Gasteiger partial charge in [-0.3, -0.25) is 19.6 Å². The molecule has 1 fully saturated rings. The van der Waals surface area contributed by atoms with Gasteiger partial charge in [0.25, 0.3) is 11.8 Å². The van der Waals surface area contributed by atoms with Crippen LogP contribution in [0, 0.1) is 5.82 Å². The van der Waals surface area contributed by atoms with E-state index in [0.717, 1.165) is 0 Å². The maximum absolute atomic E-state index is 13.9. The Labute approximate surface area is 181 Å². The van der Waals surface area contributed by atoms with Crippen LogP contribution in [0.1, 0.15) is 16.1 Å². The summed E-state index contributed by atoms with van der Waals surface area (Å²) in [7, 11) is 1.62. The lowest BCUT2D eigenvalue weighted by molar-refractivity contribution is -0.124. The fraction of sp³-hybridized carbons (Fsp3) is 0.143. The van der Waals surface area contributed by atoms with Crippen molar-refractivity contribution in [1.29, 1.82) is 0 Å². The number of hydrogen-bond donors (Lipinski definition) is 3. The Morgan fingerprint density at radius 2 is 1.94 bits per heavy atom. The van der Waals surface area contributed by atoms with Gasteiger partial charge >= 0.3 is 6.03 Å². The third kappa shape index (κ3) is 3.75. The van der Waals surface area contributed by atoms with Gasteiger partial charge in [-0.2, -0.15) is 5.10 Å². The van der Waals surface area contributed by atoms with Crippen molar-refractivity contribution in [3.05, 3.63) is 76.8 Å². The smallest absolute Gasteiger partial charge is 0.322 e. The minimum atomic E-state index is -1.53. The quantitative estimate of drug-likeness (QED) is 0.528. The molecule has 4 amide bonds. The van der Waals surface area contributed by atoms with E-state index in [1.54, 1.807) is 37.4 Å². The fourth-order valence-electron chi connectivity index (χ4n) is 3.57. The molecule has 3 aromatic rings. The maximum atomic E-state index is 13.9. The minimum Gasteiger partial charge on any atom is -0.349 e. The summed E-state index contributed by atoms with van der Waals surface area (Å²) in [4.78, 5) is 37.5. The second-order valence-corrected chi connectivity index (χ2v) is 7.47. The fourth-order valence-corrected chi connectivity index (χ4v) is 3.70. The molecule has 3 N–H and O–H groups in total. The first-order valence-corrected chi connectivity index (χ1v) is 9.64. The van der Waals surface area contributed by atoms with Crippen molar-refractivity contribution in [3.8, 4) is 11.1 Å². The summed E-state index contributed by atoms with van der Waals surface area (Å²) >= 11 is 5.92. The summed E-state index contributed by atoms with van der Waals surface area (Å²) in [5.74, 6) is -1.66. The molecular weight excluding hydrogens is 425 g/mol. The predicted octanol–water partition coefficient (Wildman–Crippen LogP) is 2.34. The highest BCUT2D eigenvalue weighted by Crippen LogP contribution is 2.28. The molecular formula is C21H17ClFN5O3. The van der Waals surface area contributed by atoms with Crippen LogP contribution >= 0.6 is 11.6 Å². The standard InChI is InChI=1S/C21H17ClFN5O3/c1-28-17(8-9-25-28)21(19(30)26-20(31)27-21)11-24-18(29)15-7-6-14(23)10-16(15)12-2-4-13(22)5-3-12/h2-10H,11H2,1H3,(H,24,29)(H2,26,27,30,31)/t21-/m1/s1. The number of imide groups is 1. The number of hydrogen-bond acceptors (Lipinski definition) is 4. The Kier molecular flexibility index (Phi) is 5.20. The Balaban J connectivity index is 1.66. The molecule has 1 aliphatic heterocycles. The van der Waals surface area contributed by atoms with Gasteiger partial charge in [-0.05, 0) is 47.5 Å². The molecule has 0 spiro atoms. The highest BCUT2D eigenvalue weighted by molar-refractivity contribution is 6.30. The average Bonchev–Trinajstić information content (AvgIpc) is 3.29. The molecule has 2 aromatic carbocycles. The molecule has 1 saturated heterocycles. The lowest BCUT2D eigenvalue weighted by Gasteiger charge is -2.26. The first kappa shape index (κ1) is 20.5. The van der Waals surface area contributed by atoms with Gasteiger partial charge in [0.15, 0.2) is 5.54 Å². The monoisotopic (exact) mass is 441 g/mol. The predicted molar refractivity (Wildman–Crippen MR) is 111 cm³/mol. The summed E-state index contributed by atoms with van der Waals surface area (Å²) in [6.45, 7) is -0.236. The zero-order chi connectivity index (χ0) is 22.2. The maximum Gasteiger partial charge on any atom is 0.322 e. The molecule has 0 bridgehead atoms. The van der Waals surface area contributed by atoms with Gasteiger partial charge in [0.2, 0.25) is 0 Å². The van der Waals surface area contributed by atoms with E-state index in [9.17, 15) is 18.8 Å². The molecule has 0 unspecified atom stereocenters. The summed E-state index contributed by atoms with van der Waals surface area (Å²) in [5.41, 5.74) is 0.0334. The lowest BCUT2D eigenvalue weighted by atomic mass is 9.94. The van der Waals surface area contributed by atoms with E-state index in [1.807, 2.05) is 0 Å². The molecule has 1 aromatic heterocycles. The highest BCUT2D eigenvalue weighted by Gasteiger charge is 2.49. The molecule has 4 rings (SSSR count). The van der Waals surface area contributed by atoms with Crippen LogP contribution in [0.5, 0.6) is 0 Å². The van der Waals surface area contributed by atoms with Gasteiger partial charge in [-0.1, -0.05) is 23.7 Å². The molecule has 158 valence electrons. The molecule has 1 aliphatic rings. The Morgan fingerprint density at radius 3 is 2.55 bits per heavy atom. The number of benzene rings is 2. The zero-order valence-electron chi connectivity index (χ0n) is 16.3. The number of urea groups is 1.